The van der Waals surface area contributed by atoms with Crippen LogP contribution in [0, 0.1) is 0 Å². The molecule has 5 nitrogen and oxygen atoms in total. The van der Waals surface area contributed by atoms with E-state index in [1.165, 1.54) is 0 Å². The van der Waals surface area contributed by atoms with E-state index in [0.29, 0.717) is 6.42 Å². The molecule has 1 heterocycles. The molecule has 0 aliphatic carbocycles. The number of anilines is 3. The van der Waals surface area contributed by atoms with Crippen LogP contribution in [0.25, 0.3) is 0 Å². The van der Waals surface area contributed by atoms with Gasteiger partial charge in [0.15, 0.2) is 0 Å². The van der Waals surface area contributed by atoms with Crippen molar-refractivity contribution in [1.29, 1.82) is 0 Å². The number of hydrogen-bond acceptors (Lipinski definition) is 3. The lowest BCUT2D eigenvalue weighted by Gasteiger charge is -2.19. The van der Waals surface area contributed by atoms with Gasteiger partial charge in [-0.2, -0.15) is 0 Å². The highest BCUT2D eigenvalue weighted by Gasteiger charge is 2.22. The third-order valence-electron chi connectivity index (χ3n) is 4.05. The average molecular weight is 323 g/mol. The van der Waals surface area contributed by atoms with E-state index in [1.54, 1.807) is 4.90 Å². The van der Waals surface area contributed by atoms with Gasteiger partial charge in [-0.15, -0.1) is 0 Å². The third kappa shape index (κ3) is 3.74. The summed E-state index contributed by atoms with van der Waals surface area (Å²) in [4.78, 5) is 25.9. The summed E-state index contributed by atoms with van der Waals surface area (Å²) in [5.74, 6) is 0.0471. The van der Waals surface area contributed by atoms with Crippen molar-refractivity contribution in [2.75, 3.05) is 22.1 Å². The molecular weight excluding hydrogens is 302 g/mol. The van der Waals surface area contributed by atoms with Crippen LogP contribution in [0.3, 0.4) is 0 Å². The number of para-hydroxylation sites is 1. The fourth-order valence-corrected chi connectivity index (χ4v) is 2.77. The zero-order valence-electron chi connectivity index (χ0n) is 13.7. The molecule has 0 aromatic heterocycles. The number of hydrogen-bond donors (Lipinski definition) is 2. The number of nitrogens with one attached hydrogen (secondary N) is 2. The summed E-state index contributed by atoms with van der Waals surface area (Å²) in [6, 6.07) is 16.6. The molecule has 24 heavy (non-hydrogen) atoms. The van der Waals surface area contributed by atoms with Crippen molar-refractivity contribution in [1.82, 2.24) is 0 Å². The van der Waals surface area contributed by atoms with Crippen molar-refractivity contribution >= 4 is 28.9 Å². The first-order valence-electron chi connectivity index (χ1n) is 8.16. The predicted molar refractivity (Wildman–Crippen MR) is 96.2 cm³/mol. The van der Waals surface area contributed by atoms with Crippen molar-refractivity contribution in [3.05, 3.63) is 54.6 Å². The van der Waals surface area contributed by atoms with Gasteiger partial charge in [0.1, 0.15) is 6.04 Å². The Kier molecular flexibility index (Phi) is 4.79. The highest BCUT2D eigenvalue weighted by Crippen LogP contribution is 2.24. The van der Waals surface area contributed by atoms with Crippen LogP contribution in [0.5, 0.6) is 0 Å². The Morgan fingerprint density at radius 1 is 1.08 bits per heavy atom. The number of carbonyl (C=O) groups is 2. The van der Waals surface area contributed by atoms with E-state index in [2.05, 4.69) is 10.6 Å². The molecule has 2 aromatic rings. The van der Waals surface area contributed by atoms with E-state index in [-0.39, 0.29) is 11.8 Å². The van der Waals surface area contributed by atoms with E-state index >= 15 is 0 Å². The Labute approximate surface area is 141 Å². The second-order valence-electron chi connectivity index (χ2n) is 5.92. The molecule has 0 saturated carbocycles. The first kappa shape index (κ1) is 16.1. The number of rotatable bonds is 5. The van der Waals surface area contributed by atoms with Crippen molar-refractivity contribution in [3.8, 4) is 0 Å². The summed E-state index contributed by atoms with van der Waals surface area (Å²) in [7, 11) is 0. The van der Waals surface area contributed by atoms with Crippen LogP contribution in [-0.2, 0) is 9.59 Å². The molecule has 2 amide bonds. The SMILES string of the molecule is CC(Nc1cccc(N2CCCC2=O)c1)C(=O)Nc1ccccc1. The van der Waals surface area contributed by atoms with Gasteiger partial charge in [-0.05, 0) is 43.7 Å². The van der Waals surface area contributed by atoms with Crippen LogP contribution < -0.4 is 15.5 Å². The normalized spacial score (nSPS) is 15.2. The van der Waals surface area contributed by atoms with E-state index in [0.717, 1.165) is 30.0 Å². The van der Waals surface area contributed by atoms with Gasteiger partial charge in [0, 0.05) is 30.0 Å². The van der Waals surface area contributed by atoms with Gasteiger partial charge in [0.25, 0.3) is 0 Å². The zero-order valence-corrected chi connectivity index (χ0v) is 13.7. The zero-order chi connectivity index (χ0) is 16.9. The van der Waals surface area contributed by atoms with Gasteiger partial charge in [-0.25, -0.2) is 0 Å². The maximum absolute atomic E-state index is 12.3. The topological polar surface area (TPSA) is 61.4 Å². The molecule has 124 valence electrons. The Bertz CT molecular complexity index is 730. The molecular formula is C19H21N3O2. The van der Waals surface area contributed by atoms with Crippen LogP contribution in [0.2, 0.25) is 0 Å². The van der Waals surface area contributed by atoms with E-state index < -0.39 is 6.04 Å². The van der Waals surface area contributed by atoms with E-state index in [4.69, 9.17) is 0 Å². The lowest BCUT2D eigenvalue weighted by atomic mass is 10.2. The predicted octanol–water partition coefficient (Wildman–Crippen LogP) is 3.25. The fourth-order valence-electron chi connectivity index (χ4n) is 2.77. The van der Waals surface area contributed by atoms with Crippen LogP contribution in [0.1, 0.15) is 19.8 Å². The molecule has 0 spiro atoms. The molecule has 1 unspecified atom stereocenters. The van der Waals surface area contributed by atoms with Crippen molar-refractivity contribution in [2.24, 2.45) is 0 Å². The molecule has 1 aliphatic rings. The highest BCUT2D eigenvalue weighted by atomic mass is 16.2. The van der Waals surface area contributed by atoms with Crippen molar-refractivity contribution in [3.63, 3.8) is 0 Å². The van der Waals surface area contributed by atoms with Gasteiger partial charge in [0.05, 0.1) is 0 Å². The minimum atomic E-state index is -0.394. The van der Waals surface area contributed by atoms with Crippen molar-refractivity contribution < 1.29 is 9.59 Å². The highest BCUT2D eigenvalue weighted by molar-refractivity contribution is 5.97. The molecule has 1 atom stereocenters. The van der Waals surface area contributed by atoms with E-state index in [1.807, 2.05) is 61.5 Å². The molecule has 0 bridgehead atoms. The van der Waals surface area contributed by atoms with Crippen LogP contribution in [0.15, 0.2) is 54.6 Å². The Morgan fingerprint density at radius 2 is 1.83 bits per heavy atom. The quantitative estimate of drug-likeness (QED) is 0.888. The summed E-state index contributed by atoms with van der Waals surface area (Å²) in [5, 5.41) is 6.06. The molecule has 3 rings (SSSR count). The summed E-state index contributed by atoms with van der Waals surface area (Å²) in [6.45, 7) is 2.57. The lowest BCUT2D eigenvalue weighted by Crippen LogP contribution is -2.32. The number of nitrogens with zero attached hydrogens (tertiary/aromatic N) is 1. The second-order valence-corrected chi connectivity index (χ2v) is 5.92. The average Bonchev–Trinajstić information content (AvgIpc) is 3.02. The Morgan fingerprint density at radius 3 is 2.54 bits per heavy atom. The molecule has 2 N–H and O–H groups in total. The minimum absolute atomic E-state index is 0.108. The summed E-state index contributed by atoms with van der Waals surface area (Å²) < 4.78 is 0. The number of carbonyl (C=O) groups excluding carboxylic acids is 2. The molecule has 1 aliphatic heterocycles. The smallest absolute Gasteiger partial charge is 0.246 e. The largest absolute Gasteiger partial charge is 0.374 e. The van der Waals surface area contributed by atoms with Gasteiger partial charge < -0.3 is 15.5 Å². The first-order valence-corrected chi connectivity index (χ1v) is 8.16. The summed E-state index contributed by atoms with van der Waals surface area (Å²) >= 11 is 0. The van der Waals surface area contributed by atoms with Gasteiger partial charge in [-0.1, -0.05) is 24.3 Å². The molecule has 1 saturated heterocycles. The Balaban J connectivity index is 1.65. The maximum atomic E-state index is 12.3. The Hall–Kier alpha value is -2.82. The van der Waals surface area contributed by atoms with Crippen LogP contribution in [-0.4, -0.2) is 24.4 Å². The van der Waals surface area contributed by atoms with E-state index in [9.17, 15) is 9.59 Å². The minimum Gasteiger partial charge on any atom is -0.374 e. The summed E-state index contributed by atoms with van der Waals surface area (Å²) in [5.41, 5.74) is 2.47. The van der Waals surface area contributed by atoms with Crippen LogP contribution in [0.4, 0.5) is 17.1 Å². The second kappa shape index (κ2) is 7.17. The standard InChI is InChI=1S/C19H21N3O2/c1-14(19(24)21-15-7-3-2-4-8-15)20-16-9-5-10-17(13-16)22-12-6-11-18(22)23/h2-5,7-10,13-14,20H,6,11-12H2,1H3,(H,21,24). The summed E-state index contributed by atoms with van der Waals surface area (Å²) in [6.07, 6.45) is 1.50. The molecule has 5 heteroatoms. The maximum Gasteiger partial charge on any atom is 0.246 e. The molecule has 1 fully saturated rings. The number of amides is 2. The number of benzene rings is 2. The van der Waals surface area contributed by atoms with Gasteiger partial charge in [0.2, 0.25) is 11.8 Å². The molecule has 0 radical (unpaired) electrons. The lowest BCUT2D eigenvalue weighted by molar-refractivity contribution is -0.117. The fraction of sp³-hybridized carbons (Fsp3) is 0.263. The molecule has 2 aromatic carbocycles. The third-order valence-corrected chi connectivity index (χ3v) is 4.05. The van der Waals surface area contributed by atoms with Crippen molar-refractivity contribution in [2.45, 2.75) is 25.8 Å². The monoisotopic (exact) mass is 323 g/mol. The van der Waals surface area contributed by atoms with Crippen LogP contribution >= 0.6 is 0 Å². The first-order chi connectivity index (χ1) is 11.6. The van der Waals surface area contributed by atoms with Gasteiger partial charge >= 0.3 is 0 Å². The van der Waals surface area contributed by atoms with Gasteiger partial charge in [-0.3, -0.25) is 9.59 Å².